The molecule has 0 heterocycles. The normalized spacial score (nSPS) is 16.3. The van der Waals surface area contributed by atoms with E-state index in [2.05, 4.69) is 98.1 Å². The number of rotatable bonds is 21. The van der Waals surface area contributed by atoms with Gasteiger partial charge in [0.1, 0.15) is 35.4 Å². The Labute approximate surface area is 727 Å². The van der Waals surface area contributed by atoms with E-state index in [1.807, 2.05) is 61.5 Å². The minimum Gasteiger partial charge on any atom is -0.508 e. The number of aliphatic carboxylic acids is 3. The van der Waals surface area contributed by atoms with Gasteiger partial charge in [0.05, 0.1) is 82.5 Å². The molecule has 6 atom stereocenters. The second-order valence-corrected chi connectivity index (χ2v) is 32.0. The first-order valence-electron chi connectivity index (χ1n) is 42.1. The van der Waals surface area contributed by atoms with Gasteiger partial charge >= 0.3 is 29.8 Å². The number of carbonyl (C=O) groups is 5. The molecule has 3 spiro atoms. The fraction of sp³-hybridized carbons (Fsp3) is 0.447. The molecule has 18 heteroatoms. The van der Waals surface area contributed by atoms with Crippen molar-refractivity contribution in [1.82, 2.24) is 0 Å². The molecular formula is C103H126BrNO16. The van der Waals surface area contributed by atoms with Gasteiger partial charge in [0.2, 0.25) is 0 Å². The molecule has 0 aliphatic heterocycles. The molecular weight excluding hydrogens is 1590 g/mol. The van der Waals surface area contributed by atoms with Crippen molar-refractivity contribution in [2.45, 2.75) is 244 Å². The Kier molecular flexibility index (Phi) is 45.8. The number of carboxylic acid groups (broad SMARTS) is 3. The van der Waals surface area contributed by atoms with Gasteiger partial charge in [-0.25, -0.2) is 0 Å². The Hall–Kier alpha value is -10.9. The predicted molar refractivity (Wildman–Crippen MR) is 484 cm³/mol. The number of aromatic hydroxyl groups is 4. The molecule has 6 aliphatic rings. The van der Waals surface area contributed by atoms with Gasteiger partial charge < -0.3 is 60.8 Å². The van der Waals surface area contributed by atoms with E-state index >= 15 is 0 Å². The van der Waals surface area contributed by atoms with Gasteiger partial charge in [0.25, 0.3) is 0 Å². The standard InChI is InChI=1S/C24H30O3.C13H14O3.3C12H12O3.C11H17Br.C11H18O.C8H11N/c1-3-7-21(16-23(25)26-2)20-9-11-22(12-10-20)27-18-19-8-6-15-24(17-19)13-4-5-14-24;1-3-4-11(9-13(15)16-2)10-5-7-12(14)8-6-10;3*1-2-3-10(8-12(14)15)9-4-6-11(13)7-5-9;2*12-9-10-4-3-7-11(8-10)5-1-2-6-11;1-7(9)8-5-3-2-4-6-8/h9-12,17,21H,4-6,8,13-16,18H2,1-2H3;5-8,11,14H,9H2,1-2H3;3*4-7,10,13H,8H2,1H3,(H,14,15);8H,1-7,9H2;8,12H,1-7,9H2;2-7H,9H2,1H3/t21-;11-;2*10-;;;;7-/m1111...1/s1. The van der Waals surface area contributed by atoms with Crippen LogP contribution in [0.3, 0.4) is 0 Å². The second kappa shape index (κ2) is 55.1. The molecule has 6 aliphatic carbocycles. The molecule has 12 rings (SSSR count). The number of hydrogen-bond donors (Lipinski definition) is 9. The number of aliphatic hydroxyl groups excluding tert-OH is 1. The first kappa shape index (κ1) is 101. The molecule has 0 amide bonds. The second-order valence-electron chi connectivity index (χ2n) is 31.5. The maximum Gasteiger partial charge on any atom is 0.307 e. The molecule has 3 saturated carbocycles. The third-order valence-electron chi connectivity index (χ3n) is 22.4. The van der Waals surface area contributed by atoms with Crippen LogP contribution in [0.15, 0.2) is 187 Å². The van der Waals surface area contributed by atoms with Gasteiger partial charge in [-0.3, -0.25) is 24.0 Å². The molecule has 1 unspecified atom stereocenters. The van der Waals surface area contributed by atoms with Crippen LogP contribution in [-0.4, -0.2) is 103 Å². The maximum atomic E-state index is 11.6. The fourth-order valence-electron chi connectivity index (χ4n) is 16.2. The number of carbonyl (C=O) groups excluding carboxylic acids is 2. The van der Waals surface area contributed by atoms with Crippen LogP contribution in [0, 0.1) is 75.4 Å². The molecule has 646 valence electrons. The van der Waals surface area contributed by atoms with Crippen molar-refractivity contribution >= 4 is 45.8 Å². The summed E-state index contributed by atoms with van der Waals surface area (Å²) in [5, 5.41) is 72.8. The number of phenolic OH excluding ortho intramolecular Hbond substituents is 4. The van der Waals surface area contributed by atoms with Gasteiger partial charge in [-0.15, -0.1) is 29.6 Å². The maximum absolute atomic E-state index is 11.6. The van der Waals surface area contributed by atoms with E-state index in [-0.39, 0.29) is 103 Å². The van der Waals surface area contributed by atoms with Crippen molar-refractivity contribution in [2.75, 3.05) is 32.8 Å². The number of ether oxygens (including phenoxy) is 3. The van der Waals surface area contributed by atoms with Gasteiger partial charge in [-0.1, -0.05) is 199 Å². The lowest BCUT2D eigenvalue weighted by Crippen LogP contribution is -2.19. The zero-order valence-electron chi connectivity index (χ0n) is 71.9. The Bertz CT molecular complexity index is 4350. The van der Waals surface area contributed by atoms with E-state index in [9.17, 15) is 24.0 Å². The van der Waals surface area contributed by atoms with E-state index in [4.69, 9.17) is 56.1 Å². The highest BCUT2D eigenvalue weighted by Crippen LogP contribution is 2.50. The van der Waals surface area contributed by atoms with Crippen molar-refractivity contribution in [1.29, 1.82) is 0 Å². The summed E-state index contributed by atoms with van der Waals surface area (Å²) in [4.78, 5) is 54.6. The zero-order valence-corrected chi connectivity index (χ0v) is 73.5. The van der Waals surface area contributed by atoms with E-state index in [0.717, 1.165) is 51.7 Å². The van der Waals surface area contributed by atoms with Crippen LogP contribution in [0.1, 0.15) is 277 Å². The Morgan fingerprint density at radius 2 is 0.645 bits per heavy atom. The number of carboxylic acids is 3. The van der Waals surface area contributed by atoms with E-state index < -0.39 is 17.9 Å². The number of allylic oxidation sites excluding steroid dienone is 4. The number of halogens is 1. The van der Waals surface area contributed by atoms with Gasteiger partial charge in [0, 0.05) is 11.4 Å². The number of benzene rings is 6. The lowest BCUT2D eigenvalue weighted by Gasteiger charge is -2.31. The highest BCUT2D eigenvalue weighted by molar-refractivity contribution is 9.09. The summed E-state index contributed by atoms with van der Waals surface area (Å²) < 4.78 is 15.4. The smallest absolute Gasteiger partial charge is 0.307 e. The Morgan fingerprint density at radius 1 is 0.380 bits per heavy atom. The number of aliphatic hydroxyl groups is 1. The minimum atomic E-state index is -0.879. The summed E-state index contributed by atoms with van der Waals surface area (Å²) in [6.07, 6.45) is 36.6. The van der Waals surface area contributed by atoms with Gasteiger partial charge in [-0.05, 0) is 259 Å². The largest absolute Gasteiger partial charge is 0.508 e. The van der Waals surface area contributed by atoms with Gasteiger partial charge in [0.15, 0.2) is 0 Å². The molecule has 6 aromatic carbocycles. The fourth-order valence-corrected chi connectivity index (χ4v) is 16.7. The summed E-state index contributed by atoms with van der Waals surface area (Å²) in [6.45, 7) is 11.5. The highest BCUT2D eigenvalue weighted by Gasteiger charge is 2.36. The van der Waals surface area contributed by atoms with Gasteiger partial charge in [-0.2, -0.15) is 0 Å². The predicted octanol–water partition coefficient (Wildman–Crippen LogP) is 21.8. The van der Waals surface area contributed by atoms with Crippen molar-refractivity contribution in [3.8, 4) is 88.0 Å². The molecule has 0 aromatic heterocycles. The molecule has 10 N–H and O–H groups in total. The summed E-state index contributed by atoms with van der Waals surface area (Å²) >= 11 is 3.57. The monoisotopic (exact) mass is 1710 g/mol. The van der Waals surface area contributed by atoms with E-state index in [1.165, 1.54) is 189 Å². The molecule has 6 aromatic rings. The summed E-state index contributed by atoms with van der Waals surface area (Å²) in [7, 11) is 2.76. The quantitative estimate of drug-likeness (QED) is 0.0140. The van der Waals surface area contributed by atoms with Crippen LogP contribution in [0.5, 0.6) is 28.7 Å². The summed E-state index contributed by atoms with van der Waals surface area (Å²) in [5.74, 6) is 25.5. The Balaban J connectivity index is 0.000000251. The van der Waals surface area contributed by atoms with Crippen LogP contribution in [0.25, 0.3) is 0 Å². The Morgan fingerprint density at radius 3 is 0.909 bits per heavy atom. The van der Waals surface area contributed by atoms with Crippen LogP contribution in [0.2, 0.25) is 0 Å². The van der Waals surface area contributed by atoms with Crippen molar-refractivity contribution < 1.29 is 79.0 Å². The lowest BCUT2D eigenvalue weighted by molar-refractivity contribution is -0.141. The molecule has 3 fully saturated rings. The summed E-state index contributed by atoms with van der Waals surface area (Å²) in [5.41, 5.74) is 17.2. The van der Waals surface area contributed by atoms with Crippen molar-refractivity contribution in [2.24, 2.45) is 22.0 Å². The van der Waals surface area contributed by atoms with Crippen molar-refractivity contribution in [3.63, 3.8) is 0 Å². The lowest BCUT2D eigenvalue weighted by atomic mass is 9.75. The molecule has 17 nitrogen and oxygen atoms in total. The van der Waals surface area contributed by atoms with Crippen LogP contribution < -0.4 is 10.5 Å². The number of methoxy groups -OCH3 is 2. The number of hydrogen-bond acceptors (Lipinski definition) is 14. The molecule has 121 heavy (non-hydrogen) atoms. The van der Waals surface area contributed by atoms with Crippen LogP contribution in [0.4, 0.5) is 0 Å². The average molecular weight is 1710 g/mol. The first-order chi connectivity index (χ1) is 58.2. The van der Waals surface area contributed by atoms with E-state index in [0.29, 0.717) is 29.5 Å². The van der Waals surface area contributed by atoms with E-state index in [1.54, 1.807) is 101 Å². The molecule has 0 bridgehead atoms. The van der Waals surface area contributed by atoms with Crippen LogP contribution in [-0.2, 0) is 33.4 Å². The van der Waals surface area contributed by atoms with Crippen LogP contribution >= 0.6 is 15.9 Å². The number of alkyl halides is 1. The summed E-state index contributed by atoms with van der Waals surface area (Å²) in [6, 6.07) is 44.1. The molecule has 0 radical (unpaired) electrons. The average Bonchev–Trinajstić information content (AvgIpc) is 1.70. The topological polar surface area (TPSA) is 301 Å². The number of esters is 2. The third-order valence-corrected chi connectivity index (χ3v) is 23.1. The minimum absolute atomic E-state index is 0.0222. The van der Waals surface area contributed by atoms with Crippen molar-refractivity contribution in [3.05, 3.63) is 220 Å². The molecule has 0 saturated heterocycles. The third kappa shape index (κ3) is 37.7. The first-order valence-corrected chi connectivity index (χ1v) is 43.2. The number of phenols is 4. The number of nitrogens with two attached hydrogens (primary N) is 1. The SMILES string of the molecule is BrCC1=CC2(CCCC2)CCC1.CC#CC(CC(=O)O)c1ccc(O)cc1.CC#C[C@H](CC(=O)O)c1ccc(O)cc1.CC#C[C@H](CC(=O)O)c1ccc(O)cc1.CC#C[C@H](CC(=O)OC)c1ccc(O)cc1.CC#C[C@H](CC(=O)OC)c1ccc(OCC2=CC3(CCCC3)CCC2)cc1.C[C@@H](N)c1ccccc1.OCC1=CC2(CCCC2)CCC1. The highest BCUT2D eigenvalue weighted by atomic mass is 79.9. The zero-order chi connectivity index (χ0) is 88.4.